The summed E-state index contributed by atoms with van der Waals surface area (Å²) >= 11 is 3.35. The molecule has 6 nitrogen and oxygen atoms in total. The zero-order chi connectivity index (χ0) is 20.1. The Morgan fingerprint density at radius 2 is 1.82 bits per heavy atom. The number of benzene rings is 2. The smallest absolute Gasteiger partial charge is 0.257 e. The lowest BCUT2D eigenvalue weighted by molar-refractivity contribution is -0.116. The maximum atomic E-state index is 13.0. The molecule has 1 aromatic heterocycles. The molecule has 28 heavy (non-hydrogen) atoms. The SMILES string of the molecule is Cc1nc(-c2ccccc2)n(CC(=O)Nc2ccc(Br)cc2)c(=O)c1CCO. The molecule has 0 unspecified atom stereocenters. The highest BCUT2D eigenvalue weighted by Gasteiger charge is 2.17. The van der Waals surface area contributed by atoms with E-state index < -0.39 is 0 Å². The molecular weight excluding hydrogens is 422 g/mol. The molecule has 0 aliphatic carbocycles. The summed E-state index contributed by atoms with van der Waals surface area (Å²) in [4.78, 5) is 30.2. The van der Waals surface area contributed by atoms with E-state index in [2.05, 4.69) is 26.2 Å². The zero-order valence-corrected chi connectivity index (χ0v) is 16.9. The number of nitrogens with zero attached hydrogens (tertiary/aromatic N) is 2. The van der Waals surface area contributed by atoms with E-state index in [1.807, 2.05) is 42.5 Å². The minimum Gasteiger partial charge on any atom is -0.396 e. The lowest BCUT2D eigenvalue weighted by atomic mass is 10.1. The normalized spacial score (nSPS) is 10.7. The van der Waals surface area contributed by atoms with Crippen LogP contribution in [0.4, 0.5) is 5.69 Å². The van der Waals surface area contributed by atoms with Crippen molar-refractivity contribution in [3.05, 3.63) is 80.7 Å². The monoisotopic (exact) mass is 441 g/mol. The maximum absolute atomic E-state index is 13.0. The molecule has 1 heterocycles. The Labute approximate surface area is 171 Å². The molecule has 0 fully saturated rings. The minimum atomic E-state index is -0.331. The summed E-state index contributed by atoms with van der Waals surface area (Å²) in [5.74, 6) is 0.0953. The van der Waals surface area contributed by atoms with Gasteiger partial charge in [-0.2, -0.15) is 0 Å². The van der Waals surface area contributed by atoms with Crippen LogP contribution in [0.3, 0.4) is 0 Å². The van der Waals surface area contributed by atoms with Gasteiger partial charge in [0.1, 0.15) is 12.4 Å². The molecule has 0 saturated carbocycles. The Hall–Kier alpha value is -2.77. The van der Waals surface area contributed by atoms with Gasteiger partial charge in [-0.05, 0) is 31.2 Å². The number of aromatic nitrogens is 2. The van der Waals surface area contributed by atoms with Gasteiger partial charge in [-0.15, -0.1) is 0 Å². The molecule has 7 heteroatoms. The fourth-order valence-electron chi connectivity index (χ4n) is 2.93. The lowest BCUT2D eigenvalue weighted by Crippen LogP contribution is -2.33. The number of halogens is 1. The van der Waals surface area contributed by atoms with Crippen LogP contribution in [0.1, 0.15) is 11.3 Å². The molecule has 144 valence electrons. The van der Waals surface area contributed by atoms with Gasteiger partial charge in [0.15, 0.2) is 0 Å². The summed E-state index contributed by atoms with van der Waals surface area (Å²) in [5.41, 5.74) is 2.04. The number of aryl methyl sites for hydroxylation is 1. The van der Waals surface area contributed by atoms with Crippen LogP contribution in [0.15, 0.2) is 63.9 Å². The van der Waals surface area contributed by atoms with Gasteiger partial charge >= 0.3 is 0 Å². The van der Waals surface area contributed by atoms with Crippen LogP contribution < -0.4 is 10.9 Å². The third kappa shape index (κ3) is 4.55. The first-order valence-electron chi connectivity index (χ1n) is 8.81. The summed E-state index contributed by atoms with van der Waals surface area (Å²) in [7, 11) is 0. The van der Waals surface area contributed by atoms with Crippen molar-refractivity contribution >= 4 is 27.5 Å². The van der Waals surface area contributed by atoms with Gasteiger partial charge in [0.05, 0.1) is 0 Å². The quantitative estimate of drug-likeness (QED) is 0.615. The predicted molar refractivity (Wildman–Crippen MR) is 112 cm³/mol. The van der Waals surface area contributed by atoms with Crippen LogP contribution in [0, 0.1) is 6.92 Å². The second-order valence-electron chi connectivity index (χ2n) is 6.29. The molecule has 3 rings (SSSR count). The van der Waals surface area contributed by atoms with Gasteiger partial charge in [-0.1, -0.05) is 46.3 Å². The number of aliphatic hydroxyl groups is 1. The predicted octanol–water partition coefficient (Wildman–Crippen LogP) is 3.15. The molecule has 0 radical (unpaired) electrons. The number of amides is 1. The summed E-state index contributed by atoms with van der Waals surface area (Å²) in [6.07, 6.45) is 0.196. The molecule has 2 N–H and O–H groups in total. The van der Waals surface area contributed by atoms with Gasteiger partial charge in [-0.3, -0.25) is 14.2 Å². The third-order valence-electron chi connectivity index (χ3n) is 4.29. The fourth-order valence-corrected chi connectivity index (χ4v) is 3.20. The van der Waals surface area contributed by atoms with E-state index in [1.54, 1.807) is 19.1 Å². The van der Waals surface area contributed by atoms with E-state index in [9.17, 15) is 14.7 Å². The number of hydrogen-bond donors (Lipinski definition) is 2. The number of anilines is 1. The van der Waals surface area contributed by atoms with Crippen molar-refractivity contribution in [2.45, 2.75) is 19.9 Å². The van der Waals surface area contributed by atoms with Crippen LogP contribution in [-0.4, -0.2) is 27.2 Å². The van der Waals surface area contributed by atoms with Gasteiger partial charge < -0.3 is 10.4 Å². The molecule has 3 aromatic rings. The molecule has 0 atom stereocenters. The van der Waals surface area contributed by atoms with Gasteiger partial charge in [0, 0.05) is 40.0 Å². The maximum Gasteiger partial charge on any atom is 0.257 e. The first kappa shape index (κ1) is 20.0. The minimum absolute atomic E-state index is 0.159. The Morgan fingerprint density at radius 1 is 1.14 bits per heavy atom. The first-order valence-corrected chi connectivity index (χ1v) is 9.61. The van der Waals surface area contributed by atoms with Crippen LogP contribution in [-0.2, 0) is 17.8 Å². The van der Waals surface area contributed by atoms with Crippen molar-refractivity contribution in [1.29, 1.82) is 0 Å². The van der Waals surface area contributed by atoms with E-state index in [0.29, 0.717) is 22.8 Å². The Morgan fingerprint density at radius 3 is 2.46 bits per heavy atom. The van der Waals surface area contributed by atoms with E-state index in [-0.39, 0.29) is 31.0 Å². The molecule has 2 aromatic carbocycles. The first-order chi connectivity index (χ1) is 13.5. The molecule has 0 spiro atoms. The molecule has 1 amide bonds. The third-order valence-corrected chi connectivity index (χ3v) is 4.82. The highest BCUT2D eigenvalue weighted by atomic mass is 79.9. The van der Waals surface area contributed by atoms with Crippen LogP contribution in [0.5, 0.6) is 0 Å². The topological polar surface area (TPSA) is 84.2 Å². The second kappa shape index (κ2) is 8.95. The van der Waals surface area contributed by atoms with Crippen molar-refractivity contribution in [1.82, 2.24) is 9.55 Å². The molecule has 0 aliphatic rings. The largest absolute Gasteiger partial charge is 0.396 e. The zero-order valence-electron chi connectivity index (χ0n) is 15.4. The molecule has 0 bridgehead atoms. The fraction of sp³-hybridized carbons (Fsp3) is 0.190. The van der Waals surface area contributed by atoms with Gasteiger partial charge in [-0.25, -0.2) is 4.98 Å². The van der Waals surface area contributed by atoms with Gasteiger partial charge in [0.25, 0.3) is 5.56 Å². The Bertz CT molecular complexity index is 1030. The van der Waals surface area contributed by atoms with E-state index in [1.165, 1.54) is 4.57 Å². The summed E-state index contributed by atoms with van der Waals surface area (Å²) in [6.45, 7) is 1.41. The standard InChI is InChI=1S/C21H20BrN3O3/c1-14-18(11-12-26)21(28)25(20(23-14)15-5-3-2-4-6-15)13-19(27)24-17-9-7-16(22)8-10-17/h2-10,26H,11-13H2,1H3,(H,24,27). The second-order valence-corrected chi connectivity index (χ2v) is 7.20. The van der Waals surface area contributed by atoms with Crippen molar-refractivity contribution in [2.75, 3.05) is 11.9 Å². The van der Waals surface area contributed by atoms with E-state index in [4.69, 9.17) is 0 Å². The van der Waals surface area contributed by atoms with E-state index in [0.717, 1.165) is 10.0 Å². The molecular formula is C21H20BrN3O3. The van der Waals surface area contributed by atoms with Crippen molar-refractivity contribution in [2.24, 2.45) is 0 Å². The number of hydrogen-bond acceptors (Lipinski definition) is 4. The number of carbonyl (C=O) groups is 1. The molecule has 0 saturated heterocycles. The Kier molecular flexibility index (Phi) is 6.38. The van der Waals surface area contributed by atoms with Crippen molar-refractivity contribution in [3.63, 3.8) is 0 Å². The summed E-state index contributed by atoms with van der Waals surface area (Å²) in [5, 5.41) is 12.1. The molecule has 0 aliphatic heterocycles. The number of aliphatic hydroxyl groups excluding tert-OH is 1. The Balaban J connectivity index is 1.99. The van der Waals surface area contributed by atoms with E-state index >= 15 is 0 Å². The lowest BCUT2D eigenvalue weighted by Gasteiger charge is -2.16. The number of nitrogens with one attached hydrogen (secondary N) is 1. The van der Waals surface area contributed by atoms with Crippen LogP contribution >= 0.6 is 15.9 Å². The highest BCUT2D eigenvalue weighted by molar-refractivity contribution is 9.10. The average Bonchev–Trinajstić information content (AvgIpc) is 2.69. The van der Waals surface area contributed by atoms with Crippen LogP contribution in [0.25, 0.3) is 11.4 Å². The average molecular weight is 442 g/mol. The summed E-state index contributed by atoms with van der Waals surface area (Å²) < 4.78 is 2.27. The number of carbonyl (C=O) groups excluding carboxylic acids is 1. The van der Waals surface area contributed by atoms with Crippen molar-refractivity contribution in [3.8, 4) is 11.4 Å². The van der Waals surface area contributed by atoms with Crippen LogP contribution in [0.2, 0.25) is 0 Å². The highest BCUT2D eigenvalue weighted by Crippen LogP contribution is 2.18. The number of rotatable bonds is 6. The summed E-state index contributed by atoms with van der Waals surface area (Å²) in [6, 6.07) is 16.5. The van der Waals surface area contributed by atoms with Gasteiger partial charge in [0.2, 0.25) is 5.91 Å². The van der Waals surface area contributed by atoms with Crippen molar-refractivity contribution < 1.29 is 9.90 Å².